The minimum absolute atomic E-state index is 0. The maximum atomic E-state index is 14.0. The average molecular weight is 1450 g/mol. The molecule has 0 aliphatic heterocycles. The summed E-state index contributed by atoms with van der Waals surface area (Å²) in [6.07, 6.45) is 0.812. The van der Waals surface area contributed by atoms with E-state index in [2.05, 4.69) is 196 Å². The number of aryl methyl sites for hydroxylation is 6. The van der Waals surface area contributed by atoms with Crippen molar-refractivity contribution < 1.29 is 79.8 Å². The van der Waals surface area contributed by atoms with Crippen molar-refractivity contribution in [2.75, 3.05) is 35.2 Å². The molecule has 0 aliphatic carbocycles. The van der Waals surface area contributed by atoms with Gasteiger partial charge in [-0.1, -0.05) is 223 Å². The number of amides is 3. The molecule has 0 radical (unpaired) electrons. The van der Waals surface area contributed by atoms with Crippen molar-refractivity contribution in [1.82, 2.24) is 5.32 Å². The fraction of sp³-hybridized carbons (Fsp3) is 0.256. The summed E-state index contributed by atoms with van der Waals surface area (Å²) < 4.78 is 60.0. The summed E-state index contributed by atoms with van der Waals surface area (Å²) >= 11 is 0. The predicted octanol–water partition coefficient (Wildman–Crippen LogP) is 14.2. The molecule has 0 unspecified atom stereocenters. The van der Waals surface area contributed by atoms with E-state index in [-0.39, 0.29) is 76.6 Å². The number of carboxylic acid groups (broad SMARTS) is 1. The van der Waals surface area contributed by atoms with E-state index in [1.807, 2.05) is 72.8 Å². The fourth-order valence-electron chi connectivity index (χ4n) is 12.6. The van der Waals surface area contributed by atoms with Crippen LogP contribution in [-0.2, 0) is 53.5 Å². The van der Waals surface area contributed by atoms with E-state index in [0.717, 1.165) is 61.3 Å². The standard InChI is InChI=1S/C43H46N2O5S.C41H41NO3.C2H7NO3S.Na/c1-28-25-29(2)40(30(3)26-28)35-17-21-38(22-18-35)45-42(47)39(27-31-7-9-36(10-8-31)41(46)44-23-24-51(48,49)50)34-13-11-32(12-14-34)33-15-19-37(20-16-33)43(4,5)6;1-26-23-27(2)38(28(3)24-26)33-17-21-36(22-18-33)42-39(43)37(25-29-7-9-34(10-8-29)40(44)45)32-13-11-30(12-14-32)31-15-19-35(20-16-31)41(4,5)6;3-1-2-7(4,5)6;/h7-22,25-26,39H,23-24,27H2,1-6H3,(H,44,46)(H,45,47)(H,48,49,50);7-24,37H,25H2,1-6H3,(H,42,43)(H,44,45);1-3H2,(H,4,5,6);/q;;;+1/p-1/t39-;37-;;/m11../s1. The molecule has 536 valence electrons. The number of nitrogens with one attached hydrogen (secondary N) is 3. The fourth-order valence-corrected chi connectivity index (χ4v) is 13.3. The number of benzene rings is 10. The van der Waals surface area contributed by atoms with E-state index < -0.39 is 49.7 Å². The first-order chi connectivity index (χ1) is 48.5. The summed E-state index contributed by atoms with van der Waals surface area (Å²) in [7, 11) is -8.23. The van der Waals surface area contributed by atoms with Crippen LogP contribution in [0.25, 0.3) is 44.5 Å². The van der Waals surface area contributed by atoms with Gasteiger partial charge in [0.2, 0.25) is 11.8 Å². The molecule has 7 N–H and O–H groups in total. The van der Waals surface area contributed by atoms with Crippen molar-refractivity contribution in [3.8, 4) is 44.5 Å². The Labute approximate surface area is 636 Å². The first kappa shape index (κ1) is 82.1. The number of carbonyl (C=O) groups excluding carboxylic acids is 3. The number of carbonyl (C=O) groups is 4. The van der Waals surface area contributed by atoms with Gasteiger partial charge in [0, 0.05) is 30.0 Å². The van der Waals surface area contributed by atoms with Gasteiger partial charge in [-0.15, -0.1) is 0 Å². The van der Waals surface area contributed by atoms with Crippen LogP contribution in [0.15, 0.2) is 218 Å². The number of rotatable bonds is 21. The molecular weight excluding hydrogens is 1350 g/mol. The van der Waals surface area contributed by atoms with Gasteiger partial charge in [-0.3, -0.25) is 18.9 Å². The van der Waals surface area contributed by atoms with E-state index in [1.165, 1.54) is 55.6 Å². The maximum Gasteiger partial charge on any atom is 1.00 e. The molecule has 0 saturated heterocycles. The van der Waals surface area contributed by atoms with Crippen molar-refractivity contribution >= 4 is 55.3 Å². The SMILES string of the molecule is Cc1cc(C)c(-c2ccc(NC(=O)[C@H](Cc3ccc(C(=O)NCCS(=O)(=O)[O-])cc3)c3ccc(-c4ccc(C(C)(C)C)cc4)cc3)cc2)c(C)c1.Cc1cc(C)c(-c2ccc(NC(=O)[C@H](Cc3ccc(C(=O)O)cc3)c3ccc(-c4ccc(C(C)(C)C)cc4)cc3)cc2)c(C)c1.NCCS(=O)(=O)O.[Na+]. The molecule has 0 aromatic heterocycles. The van der Waals surface area contributed by atoms with Gasteiger partial charge in [-0.25, -0.2) is 13.2 Å². The Kier molecular flexibility index (Phi) is 28.5. The van der Waals surface area contributed by atoms with Crippen LogP contribution in [0.1, 0.15) is 141 Å². The van der Waals surface area contributed by atoms with E-state index in [4.69, 9.17) is 10.3 Å². The second-order valence-electron chi connectivity index (χ2n) is 28.4. The summed E-state index contributed by atoms with van der Waals surface area (Å²) in [5.74, 6) is -3.77. The average Bonchev–Trinajstić information content (AvgIpc) is 0.816. The third-order valence-corrected chi connectivity index (χ3v) is 19.4. The Bertz CT molecular complexity index is 4800. The van der Waals surface area contributed by atoms with E-state index in [0.29, 0.717) is 24.1 Å². The van der Waals surface area contributed by atoms with Gasteiger partial charge in [0.25, 0.3) is 16.0 Å². The zero-order chi connectivity index (χ0) is 75.1. The molecule has 0 aliphatic rings. The maximum absolute atomic E-state index is 14.0. The molecule has 0 saturated carbocycles. The zero-order valence-electron chi connectivity index (χ0n) is 61.6. The molecule has 2 atom stereocenters. The Morgan fingerprint density at radius 2 is 0.750 bits per heavy atom. The minimum atomic E-state index is -4.43. The Morgan fingerprint density at radius 3 is 1.03 bits per heavy atom. The number of nitrogens with two attached hydrogens (primary N) is 1. The van der Waals surface area contributed by atoms with Gasteiger partial charge in [0.15, 0.2) is 0 Å². The van der Waals surface area contributed by atoms with Crippen molar-refractivity contribution in [1.29, 1.82) is 0 Å². The van der Waals surface area contributed by atoms with Gasteiger partial charge in [0.05, 0.1) is 39.0 Å². The molecule has 0 bridgehead atoms. The zero-order valence-corrected chi connectivity index (χ0v) is 65.3. The van der Waals surface area contributed by atoms with Gasteiger partial charge in [0.1, 0.15) is 0 Å². The van der Waals surface area contributed by atoms with Crippen molar-refractivity contribution in [2.24, 2.45) is 5.73 Å². The van der Waals surface area contributed by atoms with Crippen LogP contribution in [0.2, 0.25) is 0 Å². The predicted molar refractivity (Wildman–Crippen MR) is 416 cm³/mol. The number of aromatic carboxylic acids is 1. The first-order valence-electron chi connectivity index (χ1n) is 34.2. The van der Waals surface area contributed by atoms with Crippen LogP contribution in [-0.4, -0.2) is 79.3 Å². The molecule has 0 spiro atoms. The molecule has 10 aromatic rings. The quantitative estimate of drug-likeness (QED) is 0.0290. The Morgan fingerprint density at radius 1 is 0.442 bits per heavy atom. The monoisotopic (exact) mass is 1440 g/mol. The van der Waals surface area contributed by atoms with Crippen molar-refractivity contribution in [3.05, 3.63) is 296 Å². The molecule has 10 rings (SSSR count). The molecule has 18 heteroatoms. The molecular formula is C86H93N4NaO11S2. The van der Waals surface area contributed by atoms with E-state index >= 15 is 0 Å². The Hall–Kier alpha value is -9.14. The van der Waals surface area contributed by atoms with Crippen molar-refractivity contribution in [2.45, 2.75) is 119 Å². The van der Waals surface area contributed by atoms with Crippen LogP contribution in [0.5, 0.6) is 0 Å². The van der Waals surface area contributed by atoms with E-state index in [9.17, 15) is 45.7 Å². The van der Waals surface area contributed by atoms with E-state index in [1.54, 1.807) is 48.5 Å². The van der Waals surface area contributed by atoms with Crippen LogP contribution in [0, 0.1) is 41.5 Å². The number of carboxylic acids is 1. The van der Waals surface area contributed by atoms with Gasteiger partial charge >= 0.3 is 35.5 Å². The second-order valence-corrected chi connectivity index (χ2v) is 31.5. The Balaban J connectivity index is 0.000000265. The summed E-state index contributed by atoms with van der Waals surface area (Å²) in [6, 6.07) is 71.7. The summed E-state index contributed by atoms with van der Waals surface area (Å²) in [6.45, 7) is 25.6. The summed E-state index contributed by atoms with van der Waals surface area (Å²) in [4.78, 5) is 51.8. The molecule has 15 nitrogen and oxygen atoms in total. The van der Waals surface area contributed by atoms with Crippen LogP contribution in [0.4, 0.5) is 11.4 Å². The van der Waals surface area contributed by atoms with Crippen LogP contribution in [0.3, 0.4) is 0 Å². The number of hydrogen-bond acceptors (Lipinski definition) is 10. The normalized spacial score (nSPS) is 12.0. The topological polar surface area (TPSA) is 262 Å². The molecule has 104 heavy (non-hydrogen) atoms. The minimum Gasteiger partial charge on any atom is -0.748 e. The first-order valence-corrected chi connectivity index (χ1v) is 37.4. The van der Waals surface area contributed by atoms with Gasteiger partial charge in [-0.05, 0) is 214 Å². The third kappa shape index (κ3) is 23.7. The van der Waals surface area contributed by atoms with Crippen LogP contribution >= 0.6 is 0 Å². The van der Waals surface area contributed by atoms with Gasteiger partial charge in [-0.2, -0.15) is 8.42 Å². The second kappa shape index (κ2) is 36.0. The largest absolute Gasteiger partial charge is 1.00 e. The molecule has 3 amide bonds. The summed E-state index contributed by atoms with van der Waals surface area (Å²) in [5, 5.41) is 18.1. The van der Waals surface area contributed by atoms with Crippen LogP contribution < -0.4 is 51.2 Å². The number of anilines is 2. The van der Waals surface area contributed by atoms with Crippen molar-refractivity contribution in [3.63, 3.8) is 0 Å². The number of hydrogen-bond donors (Lipinski definition) is 6. The molecule has 0 fully saturated rings. The molecule has 10 aromatic carbocycles. The smallest absolute Gasteiger partial charge is 0.748 e. The molecule has 0 heterocycles. The summed E-state index contributed by atoms with van der Waals surface area (Å²) in [5.41, 5.74) is 29.2. The third-order valence-electron chi connectivity index (χ3n) is 18.0. The van der Waals surface area contributed by atoms with Gasteiger partial charge < -0.3 is 31.3 Å².